The smallest absolute Gasteiger partial charge is 0.0740 e. The van der Waals surface area contributed by atoms with E-state index in [-0.39, 0.29) is 0 Å². The summed E-state index contributed by atoms with van der Waals surface area (Å²) in [6.45, 7) is 3.23. The van der Waals surface area contributed by atoms with Gasteiger partial charge in [0, 0.05) is 6.54 Å². The van der Waals surface area contributed by atoms with Crippen molar-refractivity contribution in [3.63, 3.8) is 0 Å². The van der Waals surface area contributed by atoms with Crippen molar-refractivity contribution in [3.8, 4) is 0 Å². The summed E-state index contributed by atoms with van der Waals surface area (Å²) < 4.78 is 3.30. The van der Waals surface area contributed by atoms with Crippen molar-refractivity contribution in [2.75, 3.05) is 0 Å². The summed E-state index contributed by atoms with van der Waals surface area (Å²) in [5, 5.41) is 4.26. The maximum atomic E-state index is 4.26. The van der Waals surface area contributed by atoms with Crippen LogP contribution in [0.15, 0.2) is 12.3 Å². The van der Waals surface area contributed by atoms with Crippen molar-refractivity contribution in [1.29, 1.82) is 0 Å². The van der Waals surface area contributed by atoms with Gasteiger partial charge in [-0.15, -0.1) is 0 Å². The van der Waals surface area contributed by atoms with Crippen LogP contribution in [-0.4, -0.2) is 9.78 Å². The highest BCUT2D eigenvalue weighted by Gasteiger charge is 2.11. The van der Waals surface area contributed by atoms with Crippen molar-refractivity contribution in [3.05, 3.63) is 21.5 Å². The highest BCUT2D eigenvalue weighted by Crippen LogP contribution is 2.19. The molecule has 1 aromatic heterocycles. The van der Waals surface area contributed by atoms with Crippen LogP contribution in [0.3, 0.4) is 0 Å². The first-order valence-electron chi connectivity index (χ1n) is 3.67. The molecule has 0 N–H and O–H groups in total. The first-order chi connectivity index (χ1) is 5.27. The number of hydrogen-bond acceptors (Lipinski definition) is 1. The van der Waals surface area contributed by atoms with Gasteiger partial charge in [0.15, 0.2) is 0 Å². The van der Waals surface area contributed by atoms with Crippen molar-refractivity contribution in [1.82, 2.24) is 9.78 Å². The third kappa shape index (κ3) is 1.21. The second-order valence-corrected chi connectivity index (χ2v) is 4.06. The van der Waals surface area contributed by atoms with Crippen LogP contribution in [-0.2, 0) is 6.54 Å². The molecule has 0 radical (unpaired) electrons. The summed E-state index contributed by atoms with van der Waals surface area (Å²) >= 11 is 2.31. The number of halogens is 1. The molecule has 1 aliphatic heterocycles. The van der Waals surface area contributed by atoms with Crippen LogP contribution in [0.25, 0.3) is 6.08 Å². The van der Waals surface area contributed by atoms with E-state index in [0.29, 0.717) is 5.92 Å². The van der Waals surface area contributed by atoms with E-state index in [9.17, 15) is 0 Å². The molecule has 1 atom stereocenters. The lowest BCUT2D eigenvalue weighted by Crippen LogP contribution is -2.12. The van der Waals surface area contributed by atoms with Crippen LogP contribution in [0.4, 0.5) is 0 Å². The summed E-state index contributed by atoms with van der Waals surface area (Å²) in [5.74, 6) is 0.623. The van der Waals surface area contributed by atoms with Gasteiger partial charge in [-0.25, -0.2) is 0 Å². The van der Waals surface area contributed by atoms with E-state index in [1.807, 2.05) is 6.20 Å². The summed E-state index contributed by atoms with van der Waals surface area (Å²) in [6.07, 6.45) is 6.31. The van der Waals surface area contributed by atoms with Crippen LogP contribution in [0.2, 0.25) is 0 Å². The summed E-state index contributed by atoms with van der Waals surface area (Å²) in [4.78, 5) is 0. The molecule has 0 spiro atoms. The summed E-state index contributed by atoms with van der Waals surface area (Å²) in [7, 11) is 0. The van der Waals surface area contributed by atoms with Gasteiger partial charge in [0.25, 0.3) is 0 Å². The Bertz CT molecular complexity index is 301. The second-order valence-electron chi connectivity index (χ2n) is 2.90. The minimum Gasteiger partial charge on any atom is -0.264 e. The molecule has 0 bridgehead atoms. The van der Waals surface area contributed by atoms with Gasteiger partial charge >= 0.3 is 0 Å². The summed E-state index contributed by atoms with van der Waals surface area (Å²) in [6, 6.07) is 0. The molecule has 0 fully saturated rings. The molecule has 2 rings (SSSR count). The zero-order valence-electron chi connectivity index (χ0n) is 6.29. The lowest BCUT2D eigenvalue weighted by atomic mass is 10.1. The third-order valence-corrected chi connectivity index (χ3v) is 2.71. The van der Waals surface area contributed by atoms with Gasteiger partial charge in [0.05, 0.1) is 15.5 Å². The minimum atomic E-state index is 0.623. The quantitative estimate of drug-likeness (QED) is 0.653. The molecule has 11 heavy (non-hydrogen) atoms. The molecule has 1 aromatic rings. The van der Waals surface area contributed by atoms with E-state index in [1.165, 1.54) is 9.26 Å². The molecule has 58 valence electrons. The Morgan fingerprint density at radius 2 is 2.55 bits per heavy atom. The predicted octanol–water partition coefficient (Wildman–Crippen LogP) is 2.15. The Morgan fingerprint density at radius 3 is 3.36 bits per heavy atom. The normalized spacial score (nSPS) is 21.8. The molecule has 0 amide bonds. The predicted molar refractivity (Wildman–Crippen MR) is 53.1 cm³/mol. The zero-order valence-corrected chi connectivity index (χ0v) is 8.45. The van der Waals surface area contributed by atoms with Crippen LogP contribution in [0, 0.1) is 9.49 Å². The Balaban J connectivity index is 2.48. The SMILES string of the molecule is C[C@H]1C=Cc2c(I)cnn2C1. The fourth-order valence-corrected chi connectivity index (χ4v) is 1.85. The van der Waals surface area contributed by atoms with E-state index >= 15 is 0 Å². The lowest BCUT2D eigenvalue weighted by Gasteiger charge is -2.13. The molecule has 2 heterocycles. The van der Waals surface area contributed by atoms with Crippen LogP contribution in [0.1, 0.15) is 12.6 Å². The molecule has 0 aliphatic carbocycles. The second kappa shape index (κ2) is 2.62. The van der Waals surface area contributed by atoms with E-state index in [4.69, 9.17) is 0 Å². The van der Waals surface area contributed by atoms with Crippen LogP contribution >= 0.6 is 22.6 Å². The molecule has 0 saturated carbocycles. The van der Waals surface area contributed by atoms with Gasteiger partial charge in [-0.05, 0) is 34.6 Å². The maximum Gasteiger partial charge on any atom is 0.0740 e. The third-order valence-electron chi connectivity index (χ3n) is 1.88. The molecule has 0 saturated heterocycles. The van der Waals surface area contributed by atoms with Crippen molar-refractivity contribution < 1.29 is 0 Å². The van der Waals surface area contributed by atoms with E-state index < -0.39 is 0 Å². The largest absolute Gasteiger partial charge is 0.264 e. The van der Waals surface area contributed by atoms with Crippen LogP contribution < -0.4 is 0 Å². The van der Waals surface area contributed by atoms with Gasteiger partial charge < -0.3 is 0 Å². The fourth-order valence-electron chi connectivity index (χ4n) is 1.27. The maximum absolute atomic E-state index is 4.26. The van der Waals surface area contributed by atoms with Crippen molar-refractivity contribution >= 4 is 28.7 Å². The standard InChI is InChI=1S/C8H9IN2/c1-6-2-3-8-7(9)4-10-11(8)5-6/h2-4,6H,5H2,1H3/t6-/m0/s1. The molecule has 0 unspecified atom stereocenters. The Morgan fingerprint density at radius 1 is 1.73 bits per heavy atom. The average molecular weight is 260 g/mol. The zero-order chi connectivity index (χ0) is 7.84. The molecule has 1 aliphatic rings. The molecule has 0 aromatic carbocycles. The van der Waals surface area contributed by atoms with Crippen LogP contribution in [0.5, 0.6) is 0 Å². The monoisotopic (exact) mass is 260 g/mol. The van der Waals surface area contributed by atoms with Gasteiger partial charge in [0.1, 0.15) is 0 Å². The fraction of sp³-hybridized carbons (Fsp3) is 0.375. The Labute approximate surface area is 79.4 Å². The van der Waals surface area contributed by atoms with Crippen molar-refractivity contribution in [2.24, 2.45) is 5.92 Å². The molecule has 2 nitrogen and oxygen atoms in total. The number of fused-ring (bicyclic) bond motifs is 1. The number of rotatable bonds is 0. The van der Waals surface area contributed by atoms with Gasteiger partial charge in [0.2, 0.25) is 0 Å². The average Bonchev–Trinajstić information content (AvgIpc) is 2.32. The highest BCUT2D eigenvalue weighted by atomic mass is 127. The minimum absolute atomic E-state index is 0.623. The topological polar surface area (TPSA) is 17.8 Å². The van der Waals surface area contributed by atoms with E-state index in [0.717, 1.165) is 6.54 Å². The number of nitrogens with zero attached hydrogens (tertiary/aromatic N) is 2. The molecular formula is C8H9IN2. The molecular weight excluding hydrogens is 251 g/mol. The Hall–Kier alpha value is -0.320. The number of allylic oxidation sites excluding steroid dienone is 1. The van der Waals surface area contributed by atoms with Crippen molar-refractivity contribution in [2.45, 2.75) is 13.5 Å². The van der Waals surface area contributed by atoms with E-state index in [1.54, 1.807) is 0 Å². The molecule has 3 heteroatoms. The Kier molecular flexibility index (Phi) is 1.75. The number of hydrogen-bond donors (Lipinski definition) is 0. The van der Waals surface area contributed by atoms with Gasteiger partial charge in [-0.2, -0.15) is 5.10 Å². The highest BCUT2D eigenvalue weighted by molar-refractivity contribution is 14.1. The van der Waals surface area contributed by atoms with E-state index in [2.05, 4.69) is 51.4 Å². The van der Waals surface area contributed by atoms with Gasteiger partial charge in [-0.3, -0.25) is 4.68 Å². The van der Waals surface area contributed by atoms with Gasteiger partial charge in [-0.1, -0.05) is 13.0 Å². The first-order valence-corrected chi connectivity index (χ1v) is 4.75. The summed E-state index contributed by atoms with van der Waals surface area (Å²) in [5.41, 5.74) is 1.25. The number of aromatic nitrogens is 2. The lowest BCUT2D eigenvalue weighted by molar-refractivity contribution is 0.508. The first kappa shape index (κ1) is 7.34.